The highest BCUT2D eigenvalue weighted by molar-refractivity contribution is 7.13. The fourth-order valence-corrected chi connectivity index (χ4v) is 5.89. The number of para-hydroxylation sites is 1. The van der Waals surface area contributed by atoms with E-state index in [1.807, 2.05) is 79.4 Å². The van der Waals surface area contributed by atoms with E-state index in [0.717, 1.165) is 48.3 Å². The van der Waals surface area contributed by atoms with E-state index in [0.29, 0.717) is 22.3 Å². The van der Waals surface area contributed by atoms with Gasteiger partial charge >= 0.3 is 0 Å². The summed E-state index contributed by atoms with van der Waals surface area (Å²) in [5.74, 6) is 0.776. The molecular weight excluding hydrogens is 510 g/mol. The molecule has 2 aromatic heterocycles. The number of nitrogens with zero attached hydrogens (tertiary/aromatic N) is 4. The summed E-state index contributed by atoms with van der Waals surface area (Å²) in [6.07, 6.45) is 3.31. The molecule has 1 N–H and O–H groups in total. The Morgan fingerprint density at radius 3 is 2.49 bits per heavy atom. The number of ether oxygens (including phenoxy) is 1. The third-order valence-electron chi connectivity index (χ3n) is 7.60. The van der Waals surface area contributed by atoms with Crippen LogP contribution in [0.1, 0.15) is 60.5 Å². The topological polar surface area (TPSA) is 97.3 Å². The highest BCUT2D eigenvalue weighted by atomic mass is 32.1. The molecule has 9 heteroatoms. The van der Waals surface area contributed by atoms with E-state index in [1.165, 1.54) is 17.8 Å². The fourth-order valence-electron chi connectivity index (χ4n) is 5.45. The molecule has 39 heavy (non-hydrogen) atoms. The van der Waals surface area contributed by atoms with E-state index in [2.05, 4.69) is 15.5 Å². The van der Waals surface area contributed by atoms with Crippen molar-refractivity contribution in [3.05, 3.63) is 82.9 Å². The van der Waals surface area contributed by atoms with Crippen LogP contribution in [0.3, 0.4) is 0 Å². The van der Waals surface area contributed by atoms with Crippen molar-refractivity contribution in [3.63, 3.8) is 0 Å². The summed E-state index contributed by atoms with van der Waals surface area (Å²) in [5.41, 5.74) is 4.82. The highest BCUT2D eigenvalue weighted by Crippen LogP contribution is 2.52. The second-order valence-corrected chi connectivity index (χ2v) is 11.3. The second kappa shape index (κ2) is 10.2. The van der Waals surface area contributed by atoms with Crippen LogP contribution < -0.4 is 10.1 Å². The number of amides is 2. The van der Waals surface area contributed by atoms with Gasteiger partial charge in [0.15, 0.2) is 0 Å². The van der Waals surface area contributed by atoms with Gasteiger partial charge in [0.2, 0.25) is 16.9 Å². The summed E-state index contributed by atoms with van der Waals surface area (Å²) in [5, 5.41) is 11.2. The molecule has 2 aromatic carbocycles. The highest BCUT2D eigenvalue weighted by Gasteiger charge is 2.44. The van der Waals surface area contributed by atoms with E-state index in [-0.39, 0.29) is 17.7 Å². The van der Waals surface area contributed by atoms with Gasteiger partial charge in [-0.3, -0.25) is 9.59 Å². The van der Waals surface area contributed by atoms with Crippen molar-refractivity contribution in [2.75, 3.05) is 18.4 Å². The number of hydrogen-bond acceptors (Lipinski definition) is 7. The number of hydrogen-bond donors (Lipinski definition) is 1. The molecule has 198 valence electrons. The Morgan fingerprint density at radius 1 is 0.974 bits per heavy atom. The van der Waals surface area contributed by atoms with Crippen molar-refractivity contribution in [1.29, 1.82) is 0 Å². The lowest BCUT2D eigenvalue weighted by molar-refractivity contribution is -0.124. The molecular formula is C30H29N5O3S. The van der Waals surface area contributed by atoms with Crippen molar-refractivity contribution in [2.24, 2.45) is 5.41 Å². The zero-order valence-corrected chi connectivity index (χ0v) is 22.7. The molecule has 1 fully saturated rings. The van der Waals surface area contributed by atoms with Crippen LogP contribution in [-0.2, 0) is 4.79 Å². The van der Waals surface area contributed by atoms with Crippen LogP contribution in [0.15, 0.2) is 66.2 Å². The number of carbonyl (C=O) groups is 2. The van der Waals surface area contributed by atoms with Gasteiger partial charge < -0.3 is 15.0 Å². The number of anilines is 1. The van der Waals surface area contributed by atoms with Crippen molar-refractivity contribution in [1.82, 2.24) is 20.1 Å². The first-order chi connectivity index (χ1) is 18.9. The van der Waals surface area contributed by atoms with Crippen LogP contribution in [0.5, 0.6) is 11.6 Å². The lowest BCUT2D eigenvalue weighted by Gasteiger charge is -2.37. The van der Waals surface area contributed by atoms with Gasteiger partial charge in [0.1, 0.15) is 11.3 Å². The van der Waals surface area contributed by atoms with Crippen molar-refractivity contribution >= 4 is 28.3 Å². The predicted molar refractivity (Wildman–Crippen MR) is 150 cm³/mol. The Kier molecular flexibility index (Phi) is 6.60. The van der Waals surface area contributed by atoms with Gasteiger partial charge in [-0.05, 0) is 43.5 Å². The molecule has 0 radical (unpaired) electrons. The number of likely N-dealkylation sites (tertiary alicyclic amines) is 1. The average molecular weight is 540 g/mol. The molecule has 6 rings (SSSR count). The summed E-state index contributed by atoms with van der Waals surface area (Å²) in [6, 6.07) is 19.3. The summed E-state index contributed by atoms with van der Waals surface area (Å²) in [4.78, 5) is 33.2. The normalized spacial score (nSPS) is 16.6. The monoisotopic (exact) mass is 539 g/mol. The maximum atomic E-state index is 13.5. The number of nitrogens with one attached hydrogen (secondary N) is 1. The number of rotatable bonds is 5. The molecule has 2 aliphatic heterocycles. The van der Waals surface area contributed by atoms with Gasteiger partial charge in [0, 0.05) is 41.3 Å². The molecule has 4 heterocycles. The van der Waals surface area contributed by atoms with Gasteiger partial charge in [-0.1, -0.05) is 61.6 Å². The van der Waals surface area contributed by atoms with Crippen LogP contribution >= 0.6 is 11.3 Å². The largest absolute Gasteiger partial charge is 0.438 e. The number of piperidine rings is 1. The van der Waals surface area contributed by atoms with E-state index >= 15 is 0 Å². The van der Waals surface area contributed by atoms with Crippen LogP contribution in [0.25, 0.3) is 11.3 Å². The molecule has 1 saturated heterocycles. The average Bonchev–Trinajstić information content (AvgIpc) is 3.48. The standard InChI is InChI=1S/C30H29N5O3S/c1-30(2,28(37)33-29-34-31-18-39-29)25-21-8-4-5-9-24(21)38-26-22(25)14-15-23(32-26)19-10-12-20(13-11-19)27(36)35-16-6-3-7-17-35/h4-5,8-15,18,25H,3,6-7,16-17H2,1-2H3,(H,33,34,37)/t25-/m0/s1. The molecule has 0 spiro atoms. The molecule has 2 amide bonds. The Balaban J connectivity index is 1.31. The lowest BCUT2D eigenvalue weighted by Crippen LogP contribution is -2.38. The molecule has 1 atom stereocenters. The number of aromatic nitrogens is 3. The molecule has 2 aliphatic rings. The second-order valence-electron chi connectivity index (χ2n) is 10.5. The van der Waals surface area contributed by atoms with Crippen LogP contribution in [0, 0.1) is 5.41 Å². The molecule has 0 saturated carbocycles. The number of benzene rings is 2. The van der Waals surface area contributed by atoms with E-state index in [9.17, 15) is 9.59 Å². The molecule has 0 bridgehead atoms. The predicted octanol–water partition coefficient (Wildman–Crippen LogP) is 6.13. The van der Waals surface area contributed by atoms with Crippen LogP contribution in [0.2, 0.25) is 0 Å². The molecule has 0 unspecified atom stereocenters. The zero-order valence-electron chi connectivity index (χ0n) is 21.9. The Hall–Kier alpha value is -4.11. The zero-order chi connectivity index (χ0) is 27.0. The molecule has 8 nitrogen and oxygen atoms in total. The Morgan fingerprint density at radius 2 is 1.74 bits per heavy atom. The Labute approximate surface area is 231 Å². The van der Waals surface area contributed by atoms with Crippen LogP contribution in [0.4, 0.5) is 5.13 Å². The summed E-state index contributed by atoms with van der Waals surface area (Å²) < 4.78 is 6.27. The number of fused-ring (bicyclic) bond motifs is 2. The van der Waals surface area contributed by atoms with Gasteiger partial charge in [0.05, 0.1) is 11.1 Å². The summed E-state index contributed by atoms with van der Waals surface area (Å²) >= 11 is 1.28. The first-order valence-corrected chi connectivity index (χ1v) is 14.0. The van der Waals surface area contributed by atoms with Crippen molar-refractivity contribution in [3.8, 4) is 22.9 Å². The smallest absolute Gasteiger partial charge is 0.253 e. The lowest BCUT2D eigenvalue weighted by atomic mass is 9.69. The maximum absolute atomic E-state index is 13.5. The van der Waals surface area contributed by atoms with E-state index < -0.39 is 5.41 Å². The first kappa shape index (κ1) is 25.2. The van der Waals surface area contributed by atoms with Gasteiger partial charge in [0.25, 0.3) is 5.91 Å². The minimum absolute atomic E-state index is 0.0801. The molecule has 4 aromatic rings. The van der Waals surface area contributed by atoms with Crippen LogP contribution in [-0.4, -0.2) is 45.0 Å². The Bertz CT molecular complexity index is 1510. The SMILES string of the molecule is CC(C)(C(=O)Nc1nncs1)[C@H]1c2ccccc2Oc2nc(-c3ccc(C(=O)N4CCCCC4)cc3)ccc21. The number of carbonyl (C=O) groups excluding carboxylic acids is 2. The van der Waals surface area contributed by atoms with Gasteiger partial charge in [-0.2, -0.15) is 0 Å². The van der Waals surface area contributed by atoms with E-state index in [1.54, 1.807) is 5.51 Å². The number of pyridine rings is 1. The van der Waals surface area contributed by atoms with Gasteiger partial charge in [-0.25, -0.2) is 4.98 Å². The van der Waals surface area contributed by atoms with Crippen molar-refractivity contribution in [2.45, 2.75) is 39.0 Å². The fraction of sp³-hybridized carbons (Fsp3) is 0.300. The summed E-state index contributed by atoms with van der Waals surface area (Å²) in [7, 11) is 0. The van der Waals surface area contributed by atoms with Crippen molar-refractivity contribution < 1.29 is 14.3 Å². The maximum Gasteiger partial charge on any atom is 0.253 e. The van der Waals surface area contributed by atoms with Gasteiger partial charge in [-0.15, -0.1) is 10.2 Å². The third kappa shape index (κ3) is 4.78. The van der Waals surface area contributed by atoms with E-state index in [4.69, 9.17) is 9.72 Å². The quantitative estimate of drug-likeness (QED) is 0.328. The summed E-state index contributed by atoms with van der Waals surface area (Å²) in [6.45, 7) is 5.49. The first-order valence-electron chi connectivity index (χ1n) is 13.2. The minimum Gasteiger partial charge on any atom is -0.438 e. The third-order valence-corrected chi connectivity index (χ3v) is 8.20. The molecule has 0 aliphatic carbocycles. The minimum atomic E-state index is -0.847.